The first-order valence-electron chi connectivity index (χ1n) is 6.61. The number of halogens is 2. The second-order valence-electron chi connectivity index (χ2n) is 4.77. The van der Waals surface area contributed by atoms with Gasteiger partial charge in [-0.25, -0.2) is 4.58 Å². The number of hydrogen-bond donors (Lipinski definition) is 0. The van der Waals surface area contributed by atoms with Crippen LogP contribution in [0, 0.1) is 5.92 Å². The average Bonchev–Trinajstić information content (AvgIpc) is 2.37. The third-order valence-electron chi connectivity index (χ3n) is 3.18. The molecule has 1 atom stereocenters. The van der Waals surface area contributed by atoms with Crippen molar-refractivity contribution < 1.29 is 13.7 Å². The van der Waals surface area contributed by atoms with E-state index in [-0.39, 0.29) is 5.92 Å². The smallest absolute Gasteiger partial charge is 0.286 e. The zero-order valence-electron chi connectivity index (χ0n) is 12.3. The lowest BCUT2D eigenvalue weighted by molar-refractivity contribution is -0.519. The quantitative estimate of drug-likeness (QED) is 0.420. The van der Waals surface area contributed by atoms with E-state index in [4.69, 9.17) is 27.0 Å². The van der Waals surface area contributed by atoms with Gasteiger partial charge in [0.15, 0.2) is 5.71 Å². The topological polar surface area (TPSA) is 32.6 Å². The van der Waals surface area contributed by atoms with Gasteiger partial charge in [0.05, 0.1) is 0 Å². The largest absolute Gasteiger partial charge is 0.381 e. The standard InChI is InChI=1S/C13H22Cl2N2O2P/c1-5-17(6-2)12-9-7-11(8-10-12)13(16(3)4)19-20(14,15)18/h7-11,13H,5-6H2,1-4H3/q+1. The van der Waals surface area contributed by atoms with Gasteiger partial charge in [-0.05, 0) is 50.4 Å². The van der Waals surface area contributed by atoms with Crippen molar-refractivity contribution in [2.45, 2.75) is 20.1 Å². The van der Waals surface area contributed by atoms with Crippen LogP contribution < -0.4 is 0 Å². The lowest BCUT2D eigenvalue weighted by Crippen LogP contribution is -2.36. The van der Waals surface area contributed by atoms with Gasteiger partial charge in [-0.3, -0.25) is 14.0 Å². The van der Waals surface area contributed by atoms with Crippen molar-refractivity contribution in [1.29, 1.82) is 0 Å². The summed E-state index contributed by atoms with van der Waals surface area (Å²) in [7, 11) is 3.67. The van der Waals surface area contributed by atoms with Crippen molar-refractivity contribution in [2.24, 2.45) is 5.92 Å². The van der Waals surface area contributed by atoms with Crippen LogP contribution in [0.5, 0.6) is 0 Å². The molecule has 0 fully saturated rings. The van der Waals surface area contributed by atoms with Crippen LogP contribution in [-0.2, 0) is 9.09 Å². The first-order valence-corrected chi connectivity index (χ1v) is 10.0. The van der Waals surface area contributed by atoms with Crippen molar-refractivity contribution >= 4 is 34.3 Å². The van der Waals surface area contributed by atoms with E-state index >= 15 is 0 Å². The van der Waals surface area contributed by atoms with Crippen LogP contribution in [0.1, 0.15) is 13.8 Å². The minimum Gasteiger partial charge on any atom is -0.286 e. The summed E-state index contributed by atoms with van der Waals surface area (Å²) in [5, 5.41) is 0. The van der Waals surface area contributed by atoms with Crippen LogP contribution in [0.2, 0.25) is 0 Å². The maximum Gasteiger partial charge on any atom is 0.381 e. The first kappa shape index (κ1) is 17.9. The lowest BCUT2D eigenvalue weighted by Gasteiger charge is -2.29. The van der Waals surface area contributed by atoms with E-state index in [2.05, 4.69) is 18.4 Å². The van der Waals surface area contributed by atoms with E-state index in [1.165, 1.54) is 0 Å². The van der Waals surface area contributed by atoms with E-state index < -0.39 is 12.3 Å². The van der Waals surface area contributed by atoms with Crippen molar-refractivity contribution in [3.8, 4) is 0 Å². The SMILES string of the molecule is CC[N+](CC)=C1C=CC(C(OP(=O)(Cl)Cl)N(C)C)C=C1. The van der Waals surface area contributed by atoms with Crippen LogP contribution in [0.25, 0.3) is 0 Å². The number of rotatable bonds is 6. The summed E-state index contributed by atoms with van der Waals surface area (Å²) >= 11 is 11.1. The van der Waals surface area contributed by atoms with Gasteiger partial charge in [-0.1, -0.05) is 12.2 Å². The Morgan fingerprint density at radius 3 is 2.15 bits per heavy atom. The van der Waals surface area contributed by atoms with Crippen LogP contribution >= 0.6 is 28.6 Å². The molecular formula is C13H22Cl2N2O2P+. The molecule has 0 N–H and O–H groups in total. The average molecular weight is 340 g/mol. The van der Waals surface area contributed by atoms with Gasteiger partial charge in [0, 0.05) is 18.1 Å². The Bertz CT molecular complexity index is 447. The third kappa shape index (κ3) is 5.34. The summed E-state index contributed by atoms with van der Waals surface area (Å²) in [6.07, 6.45) is 4.10. The molecule has 0 heterocycles. The molecule has 0 aromatic heterocycles. The summed E-state index contributed by atoms with van der Waals surface area (Å²) in [5.41, 5.74) is 1.16. The Balaban J connectivity index is 2.90. The van der Waals surface area contributed by atoms with E-state index in [0.717, 1.165) is 18.8 Å². The maximum absolute atomic E-state index is 11.5. The molecule has 0 saturated heterocycles. The minimum atomic E-state index is -3.57. The Kier molecular flexibility index (Phi) is 6.96. The molecule has 0 saturated carbocycles. The van der Waals surface area contributed by atoms with Gasteiger partial charge in [0.1, 0.15) is 19.3 Å². The second kappa shape index (κ2) is 7.77. The minimum absolute atomic E-state index is 0.0462. The molecule has 114 valence electrons. The van der Waals surface area contributed by atoms with Crippen LogP contribution in [0.4, 0.5) is 0 Å². The van der Waals surface area contributed by atoms with E-state index in [1.54, 1.807) is 4.90 Å². The highest BCUT2D eigenvalue weighted by molar-refractivity contribution is 8.05. The van der Waals surface area contributed by atoms with Crippen molar-refractivity contribution in [3.63, 3.8) is 0 Å². The predicted octanol–water partition coefficient (Wildman–Crippen LogP) is 3.71. The number of allylic oxidation sites excluding steroid dienone is 2. The van der Waals surface area contributed by atoms with Gasteiger partial charge in [-0.15, -0.1) is 0 Å². The molecule has 0 radical (unpaired) electrons. The number of hydrogen-bond acceptors (Lipinski definition) is 3. The molecule has 0 spiro atoms. The molecular weight excluding hydrogens is 318 g/mol. The summed E-state index contributed by atoms with van der Waals surface area (Å²) in [5.74, 6) is -0.0462. The molecule has 0 bridgehead atoms. The Morgan fingerprint density at radius 1 is 1.30 bits per heavy atom. The Hall–Kier alpha value is -0.120. The van der Waals surface area contributed by atoms with Crippen LogP contribution in [0.3, 0.4) is 0 Å². The first-order chi connectivity index (χ1) is 9.28. The van der Waals surface area contributed by atoms with E-state index in [9.17, 15) is 4.57 Å². The molecule has 1 rings (SSSR count). The molecule has 1 unspecified atom stereocenters. The van der Waals surface area contributed by atoms with Gasteiger partial charge in [-0.2, -0.15) is 0 Å². The predicted molar refractivity (Wildman–Crippen MR) is 86.0 cm³/mol. The van der Waals surface area contributed by atoms with Gasteiger partial charge >= 0.3 is 6.07 Å². The number of nitrogens with zero attached hydrogens (tertiary/aromatic N) is 2. The van der Waals surface area contributed by atoms with Crippen LogP contribution in [-0.4, -0.2) is 48.6 Å². The third-order valence-corrected chi connectivity index (χ3v) is 4.12. The monoisotopic (exact) mass is 339 g/mol. The zero-order valence-corrected chi connectivity index (χ0v) is 14.7. The highest BCUT2D eigenvalue weighted by atomic mass is 35.9. The molecule has 0 aromatic carbocycles. The Morgan fingerprint density at radius 2 is 1.80 bits per heavy atom. The molecule has 20 heavy (non-hydrogen) atoms. The van der Waals surface area contributed by atoms with Gasteiger partial charge in [0.25, 0.3) is 0 Å². The summed E-state index contributed by atoms with van der Waals surface area (Å²) in [4.78, 5) is 1.80. The fourth-order valence-electron chi connectivity index (χ4n) is 2.16. The molecule has 1 aliphatic carbocycles. The molecule has 0 aromatic rings. The lowest BCUT2D eigenvalue weighted by atomic mass is 10.00. The molecule has 1 aliphatic rings. The van der Waals surface area contributed by atoms with Gasteiger partial charge < -0.3 is 0 Å². The molecule has 4 nitrogen and oxygen atoms in total. The van der Waals surface area contributed by atoms with E-state index in [1.807, 2.05) is 38.4 Å². The van der Waals surface area contributed by atoms with Crippen LogP contribution in [0.15, 0.2) is 24.3 Å². The summed E-state index contributed by atoms with van der Waals surface area (Å²) in [6.45, 7) is 6.15. The highest BCUT2D eigenvalue weighted by Gasteiger charge is 2.29. The summed E-state index contributed by atoms with van der Waals surface area (Å²) < 4.78 is 19.0. The fourth-order valence-corrected chi connectivity index (χ4v) is 3.23. The Labute approximate surface area is 130 Å². The van der Waals surface area contributed by atoms with Crippen molar-refractivity contribution in [2.75, 3.05) is 27.2 Å². The molecule has 0 amide bonds. The van der Waals surface area contributed by atoms with Crippen molar-refractivity contribution in [3.05, 3.63) is 24.3 Å². The molecule has 7 heteroatoms. The fraction of sp³-hybridized carbons (Fsp3) is 0.615. The normalized spacial score (nSPS) is 20.6. The molecule has 0 aliphatic heterocycles. The van der Waals surface area contributed by atoms with E-state index in [0.29, 0.717) is 0 Å². The second-order valence-corrected chi connectivity index (χ2v) is 9.00. The summed E-state index contributed by atoms with van der Waals surface area (Å²) in [6, 6.07) is 0. The highest BCUT2D eigenvalue weighted by Crippen LogP contribution is 2.59. The van der Waals surface area contributed by atoms with Crippen molar-refractivity contribution in [1.82, 2.24) is 4.90 Å². The zero-order chi connectivity index (χ0) is 15.3. The van der Waals surface area contributed by atoms with Gasteiger partial charge in [0.2, 0.25) is 0 Å². The maximum atomic E-state index is 11.5.